The zero-order valence-electron chi connectivity index (χ0n) is 11.9. The van der Waals surface area contributed by atoms with Crippen LogP contribution in [0.4, 0.5) is 5.69 Å². The molecule has 116 valence electrons. The summed E-state index contributed by atoms with van der Waals surface area (Å²) in [4.78, 5) is 33.2. The lowest BCUT2D eigenvalue weighted by atomic mass is 10.3. The summed E-state index contributed by atoms with van der Waals surface area (Å²) >= 11 is 0. The summed E-state index contributed by atoms with van der Waals surface area (Å²) in [6.45, 7) is 3.19. The summed E-state index contributed by atoms with van der Waals surface area (Å²) in [5.74, 6) is -1.50. The molecule has 0 aliphatic heterocycles. The largest absolute Gasteiger partial charge is 0.467 e. The second-order valence-corrected chi connectivity index (χ2v) is 4.59. The van der Waals surface area contributed by atoms with Crippen LogP contribution in [0.25, 0.3) is 0 Å². The molecule has 1 atom stereocenters. The van der Waals surface area contributed by atoms with Gasteiger partial charge in [-0.05, 0) is 13.8 Å². The zero-order chi connectivity index (χ0) is 16.2. The van der Waals surface area contributed by atoms with Crippen molar-refractivity contribution in [1.82, 2.24) is 9.88 Å². The van der Waals surface area contributed by atoms with Gasteiger partial charge in [0, 0.05) is 12.1 Å². The van der Waals surface area contributed by atoms with Gasteiger partial charge >= 0.3 is 5.97 Å². The molecule has 0 aliphatic rings. The Kier molecular flexibility index (Phi) is 5.42. The van der Waals surface area contributed by atoms with Crippen molar-refractivity contribution in [2.24, 2.45) is 0 Å². The van der Waals surface area contributed by atoms with E-state index in [1.54, 1.807) is 13.8 Å². The summed E-state index contributed by atoms with van der Waals surface area (Å²) in [5.41, 5.74) is -0.129. The lowest BCUT2D eigenvalue weighted by Crippen LogP contribution is -2.38. The van der Waals surface area contributed by atoms with E-state index in [9.17, 15) is 24.8 Å². The number of nitro groups is 1. The van der Waals surface area contributed by atoms with Crippen molar-refractivity contribution in [3.8, 4) is 0 Å². The molecule has 0 spiro atoms. The Balaban J connectivity index is 2.86. The van der Waals surface area contributed by atoms with Gasteiger partial charge in [0.25, 0.3) is 11.6 Å². The molecule has 0 fully saturated rings. The van der Waals surface area contributed by atoms with Gasteiger partial charge in [-0.15, -0.1) is 0 Å². The van der Waals surface area contributed by atoms with Crippen molar-refractivity contribution in [1.29, 1.82) is 0 Å². The molecule has 21 heavy (non-hydrogen) atoms. The molecule has 0 aliphatic carbocycles. The van der Waals surface area contributed by atoms with Crippen LogP contribution in [0.5, 0.6) is 0 Å². The average molecular weight is 299 g/mol. The van der Waals surface area contributed by atoms with E-state index in [0.29, 0.717) is 0 Å². The molecule has 2 N–H and O–H groups in total. The zero-order valence-corrected chi connectivity index (χ0v) is 11.9. The Morgan fingerprint density at radius 1 is 1.52 bits per heavy atom. The monoisotopic (exact) mass is 299 g/mol. The molecule has 1 unspecified atom stereocenters. The molecule has 1 rings (SSSR count). The molecule has 1 aromatic rings. The fraction of sp³-hybridized carbons (Fsp3) is 0.500. The first-order chi connectivity index (χ1) is 9.77. The molecule has 0 bridgehead atoms. The highest BCUT2D eigenvalue weighted by Gasteiger charge is 2.22. The van der Waals surface area contributed by atoms with Crippen LogP contribution in [0, 0.1) is 10.1 Å². The van der Waals surface area contributed by atoms with Crippen LogP contribution in [0.15, 0.2) is 12.3 Å². The third-order valence-corrected chi connectivity index (χ3v) is 2.76. The molecule has 0 saturated carbocycles. The van der Waals surface area contributed by atoms with Gasteiger partial charge in [0.15, 0.2) is 6.10 Å². The van der Waals surface area contributed by atoms with Crippen molar-refractivity contribution in [2.45, 2.75) is 26.0 Å². The van der Waals surface area contributed by atoms with Gasteiger partial charge in [0.05, 0.1) is 24.8 Å². The molecular weight excluding hydrogens is 282 g/mol. The predicted molar refractivity (Wildman–Crippen MR) is 71.8 cm³/mol. The summed E-state index contributed by atoms with van der Waals surface area (Å²) in [7, 11) is 1.11. The number of ether oxygens (including phenoxy) is 1. The summed E-state index contributed by atoms with van der Waals surface area (Å²) in [6.07, 6.45) is -0.229. The van der Waals surface area contributed by atoms with E-state index in [2.05, 4.69) is 10.1 Å². The topological polar surface area (TPSA) is 124 Å². The fourth-order valence-corrected chi connectivity index (χ4v) is 1.67. The fourth-order valence-electron chi connectivity index (χ4n) is 1.67. The van der Waals surface area contributed by atoms with Crippen LogP contribution < -0.4 is 5.32 Å². The number of hydrogen-bond donors (Lipinski definition) is 2. The average Bonchev–Trinajstić information content (AvgIpc) is 2.89. The third-order valence-electron chi connectivity index (χ3n) is 2.76. The number of carbonyl (C=O) groups is 2. The second-order valence-electron chi connectivity index (χ2n) is 4.59. The van der Waals surface area contributed by atoms with Crippen LogP contribution in [-0.4, -0.2) is 46.2 Å². The van der Waals surface area contributed by atoms with Crippen LogP contribution in [0.1, 0.15) is 30.4 Å². The Bertz CT molecular complexity index is 551. The minimum atomic E-state index is -1.49. The van der Waals surface area contributed by atoms with Gasteiger partial charge in [-0.2, -0.15) is 0 Å². The summed E-state index contributed by atoms with van der Waals surface area (Å²) in [5, 5.41) is 22.5. The van der Waals surface area contributed by atoms with E-state index in [0.717, 1.165) is 13.2 Å². The van der Waals surface area contributed by atoms with E-state index in [1.807, 2.05) is 0 Å². The molecule has 0 saturated heterocycles. The summed E-state index contributed by atoms with van der Waals surface area (Å²) in [6, 6.07) is 0.977. The second kappa shape index (κ2) is 6.84. The normalized spacial score (nSPS) is 12.0. The standard InChI is InChI=1S/C12H17N3O6/c1-7(2)14-6-8(15(19)20)4-9(14)11(17)13-5-10(16)12(18)21-3/h4,6-7,10,16H,5H2,1-3H3,(H,13,17). The minimum absolute atomic E-state index is 0.0776. The highest BCUT2D eigenvalue weighted by atomic mass is 16.6. The van der Waals surface area contributed by atoms with Crippen molar-refractivity contribution >= 4 is 17.6 Å². The number of esters is 1. The van der Waals surface area contributed by atoms with Gasteiger partial charge in [0.2, 0.25) is 0 Å². The van der Waals surface area contributed by atoms with Crippen molar-refractivity contribution in [3.63, 3.8) is 0 Å². The lowest BCUT2D eigenvalue weighted by Gasteiger charge is -2.13. The smallest absolute Gasteiger partial charge is 0.336 e. The number of nitrogens with zero attached hydrogens (tertiary/aromatic N) is 2. The molecule has 9 heteroatoms. The van der Waals surface area contributed by atoms with Gasteiger partial charge in [-0.25, -0.2) is 4.79 Å². The molecule has 0 radical (unpaired) electrons. The number of aliphatic hydroxyl groups excluding tert-OH is 1. The van der Waals surface area contributed by atoms with Crippen LogP contribution in [-0.2, 0) is 9.53 Å². The number of aliphatic hydroxyl groups is 1. The highest BCUT2D eigenvalue weighted by Crippen LogP contribution is 2.20. The number of nitrogens with one attached hydrogen (secondary N) is 1. The molecular formula is C12H17N3O6. The van der Waals surface area contributed by atoms with Crippen molar-refractivity contribution in [3.05, 3.63) is 28.1 Å². The van der Waals surface area contributed by atoms with E-state index >= 15 is 0 Å². The SMILES string of the molecule is COC(=O)C(O)CNC(=O)c1cc([N+](=O)[O-])cn1C(C)C. The van der Waals surface area contributed by atoms with Gasteiger partial charge < -0.3 is 19.7 Å². The number of aromatic nitrogens is 1. The van der Waals surface area contributed by atoms with Crippen LogP contribution >= 0.6 is 0 Å². The van der Waals surface area contributed by atoms with E-state index in [1.165, 1.54) is 10.8 Å². The first-order valence-corrected chi connectivity index (χ1v) is 6.18. The maximum Gasteiger partial charge on any atom is 0.336 e. The molecule has 0 aromatic carbocycles. The molecule has 9 nitrogen and oxygen atoms in total. The minimum Gasteiger partial charge on any atom is -0.467 e. The van der Waals surface area contributed by atoms with E-state index in [4.69, 9.17) is 0 Å². The van der Waals surface area contributed by atoms with E-state index < -0.39 is 22.9 Å². The number of amides is 1. The third kappa shape index (κ3) is 4.02. The summed E-state index contributed by atoms with van der Waals surface area (Å²) < 4.78 is 5.76. The lowest BCUT2D eigenvalue weighted by molar-refractivity contribution is -0.384. The molecule has 1 aromatic heterocycles. The number of hydrogen-bond acceptors (Lipinski definition) is 6. The number of rotatable bonds is 6. The van der Waals surface area contributed by atoms with Crippen molar-refractivity contribution < 1.29 is 24.4 Å². The highest BCUT2D eigenvalue weighted by molar-refractivity contribution is 5.94. The molecule has 1 heterocycles. The van der Waals surface area contributed by atoms with Gasteiger partial charge in [0.1, 0.15) is 5.69 Å². The quantitative estimate of drug-likeness (QED) is 0.440. The van der Waals surface area contributed by atoms with Crippen molar-refractivity contribution in [2.75, 3.05) is 13.7 Å². The maximum absolute atomic E-state index is 12.0. The van der Waals surface area contributed by atoms with Crippen LogP contribution in [0.3, 0.4) is 0 Å². The Morgan fingerprint density at radius 2 is 2.14 bits per heavy atom. The Labute approximate surface area is 120 Å². The van der Waals surface area contributed by atoms with Gasteiger partial charge in [-0.1, -0.05) is 0 Å². The first-order valence-electron chi connectivity index (χ1n) is 6.18. The Hall–Kier alpha value is -2.42. The number of carbonyl (C=O) groups excluding carboxylic acids is 2. The predicted octanol–water partition coefficient (Wildman–Crippen LogP) is 0.241. The maximum atomic E-state index is 12.0. The number of methoxy groups -OCH3 is 1. The Morgan fingerprint density at radius 3 is 2.62 bits per heavy atom. The van der Waals surface area contributed by atoms with Gasteiger partial charge in [-0.3, -0.25) is 14.9 Å². The van der Waals surface area contributed by atoms with Crippen LogP contribution in [0.2, 0.25) is 0 Å². The van der Waals surface area contributed by atoms with E-state index in [-0.39, 0.29) is 24.0 Å². The molecule has 1 amide bonds. The first kappa shape index (κ1) is 16.6.